The van der Waals surface area contributed by atoms with Gasteiger partial charge < -0.3 is 19.6 Å². The molecule has 1 aromatic carbocycles. The Balaban J connectivity index is 1.29. The molecule has 1 aliphatic carbocycles. The number of para-hydroxylation sites is 2. The van der Waals surface area contributed by atoms with E-state index in [4.69, 9.17) is 0 Å². The van der Waals surface area contributed by atoms with Crippen molar-refractivity contribution in [2.75, 3.05) is 18.0 Å². The fourth-order valence-corrected chi connectivity index (χ4v) is 5.02. The summed E-state index contributed by atoms with van der Waals surface area (Å²) in [6.07, 6.45) is 6.42. The van der Waals surface area contributed by atoms with Crippen LogP contribution in [-0.2, 0) is 6.54 Å². The third-order valence-electron chi connectivity index (χ3n) is 6.92. The van der Waals surface area contributed by atoms with Crippen LogP contribution in [0, 0.1) is 5.92 Å². The Labute approximate surface area is 188 Å². The molecule has 1 saturated carbocycles. The van der Waals surface area contributed by atoms with E-state index in [-0.39, 0.29) is 17.6 Å². The minimum Gasteiger partial charge on any atom is -0.475 e. The number of carboxylic acid groups (broad SMARTS) is 1. The largest absolute Gasteiger partial charge is 0.475 e. The summed E-state index contributed by atoms with van der Waals surface area (Å²) in [4.78, 5) is 42.8. The van der Waals surface area contributed by atoms with Gasteiger partial charge in [-0.2, -0.15) is 0 Å². The standard InChI is InChI=1S/C23H25N7O3/c31-22(32)21-27-18-19(24-13-25-20(18)29(21)12-7-14-5-6-14)28-10-8-15(9-11-28)30-17-4-2-1-3-16(17)26-23(30)33/h1-4,13-15H,5-12H2,(H,26,33)(H,31,32). The quantitative estimate of drug-likeness (QED) is 0.466. The van der Waals surface area contributed by atoms with Crippen LogP contribution in [0.25, 0.3) is 22.2 Å². The maximum Gasteiger partial charge on any atom is 0.372 e. The molecule has 2 aliphatic rings. The van der Waals surface area contributed by atoms with Gasteiger partial charge in [0.05, 0.1) is 11.0 Å². The van der Waals surface area contributed by atoms with Crippen LogP contribution in [-0.4, -0.2) is 53.2 Å². The van der Waals surface area contributed by atoms with Crippen LogP contribution in [0.15, 0.2) is 35.4 Å². The Morgan fingerprint density at radius 1 is 1.12 bits per heavy atom. The molecule has 1 saturated heterocycles. The molecule has 2 N–H and O–H groups in total. The summed E-state index contributed by atoms with van der Waals surface area (Å²) < 4.78 is 3.58. The van der Waals surface area contributed by atoms with Gasteiger partial charge in [0.15, 0.2) is 17.0 Å². The summed E-state index contributed by atoms with van der Waals surface area (Å²) in [5.41, 5.74) is 2.80. The highest BCUT2D eigenvalue weighted by molar-refractivity contribution is 5.92. The number of aryl methyl sites for hydroxylation is 1. The molecule has 4 heterocycles. The monoisotopic (exact) mass is 447 g/mol. The number of anilines is 1. The number of nitrogens with one attached hydrogen (secondary N) is 1. The molecule has 0 amide bonds. The Morgan fingerprint density at radius 3 is 2.67 bits per heavy atom. The molecular weight excluding hydrogens is 422 g/mol. The third kappa shape index (κ3) is 3.46. The van der Waals surface area contributed by atoms with Gasteiger partial charge >= 0.3 is 11.7 Å². The number of benzene rings is 1. The fraction of sp³-hybridized carbons (Fsp3) is 0.435. The molecule has 33 heavy (non-hydrogen) atoms. The summed E-state index contributed by atoms with van der Waals surface area (Å²) in [6, 6.07) is 7.83. The molecule has 0 spiro atoms. The first kappa shape index (κ1) is 20.0. The third-order valence-corrected chi connectivity index (χ3v) is 6.92. The molecule has 170 valence electrons. The molecule has 0 bridgehead atoms. The van der Waals surface area contributed by atoms with Gasteiger partial charge in [0, 0.05) is 25.7 Å². The van der Waals surface area contributed by atoms with Gasteiger partial charge in [-0.3, -0.25) is 4.57 Å². The van der Waals surface area contributed by atoms with Crippen LogP contribution < -0.4 is 10.6 Å². The van der Waals surface area contributed by atoms with Crippen molar-refractivity contribution in [3.63, 3.8) is 0 Å². The minimum atomic E-state index is -1.05. The summed E-state index contributed by atoms with van der Waals surface area (Å²) >= 11 is 0. The molecule has 3 aromatic heterocycles. The average Bonchev–Trinajstić information content (AvgIpc) is 3.48. The zero-order valence-corrected chi connectivity index (χ0v) is 18.1. The summed E-state index contributed by atoms with van der Waals surface area (Å²) in [7, 11) is 0. The lowest BCUT2D eigenvalue weighted by atomic mass is 10.0. The van der Waals surface area contributed by atoms with E-state index in [1.807, 2.05) is 28.8 Å². The van der Waals surface area contributed by atoms with Crippen LogP contribution in [0.1, 0.15) is 48.8 Å². The zero-order valence-electron chi connectivity index (χ0n) is 18.1. The topological polar surface area (TPSA) is 122 Å². The second-order valence-corrected chi connectivity index (χ2v) is 9.03. The lowest BCUT2D eigenvalue weighted by Gasteiger charge is -2.33. The first-order valence-corrected chi connectivity index (χ1v) is 11.5. The van der Waals surface area contributed by atoms with Crippen molar-refractivity contribution >= 4 is 34.0 Å². The number of fused-ring (bicyclic) bond motifs is 2. The Kier molecular flexibility index (Phi) is 4.67. The van der Waals surface area contributed by atoms with E-state index in [1.54, 1.807) is 4.57 Å². The normalized spacial score (nSPS) is 17.3. The Hall–Kier alpha value is -3.69. The number of aromatic carboxylic acids is 1. The number of rotatable bonds is 6. The number of carboxylic acids is 1. The lowest BCUT2D eigenvalue weighted by molar-refractivity contribution is 0.0678. The number of carbonyl (C=O) groups is 1. The van der Waals surface area contributed by atoms with Gasteiger partial charge in [0.2, 0.25) is 5.82 Å². The highest BCUT2D eigenvalue weighted by Crippen LogP contribution is 2.34. The number of hydrogen-bond acceptors (Lipinski definition) is 6. The van der Waals surface area contributed by atoms with E-state index >= 15 is 0 Å². The zero-order chi connectivity index (χ0) is 22.5. The number of aromatic nitrogens is 6. The van der Waals surface area contributed by atoms with Crippen LogP contribution in [0.4, 0.5) is 5.82 Å². The van der Waals surface area contributed by atoms with Crippen LogP contribution in [0.3, 0.4) is 0 Å². The van der Waals surface area contributed by atoms with Gasteiger partial charge in [-0.25, -0.2) is 24.5 Å². The number of imidazole rings is 2. The van der Waals surface area contributed by atoms with Gasteiger partial charge in [0.1, 0.15) is 6.33 Å². The average molecular weight is 447 g/mol. The molecule has 4 aromatic rings. The van der Waals surface area contributed by atoms with E-state index in [0.717, 1.165) is 30.3 Å². The van der Waals surface area contributed by atoms with Crippen LogP contribution in [0.5, 0.6) is 0 Å². The predicted octanol–water partition coefficient (Wildman–Crippen LogP) is 2.81. The molecule has 10 heteroatoms. The molecule has 0 radical (unpaired) electrons. The highest BCUT2D eigenvalue weighted by atomic mass is 16.4. The Bertz CT molecular complexity index is 1410. The number of H-pyrrole nitrogens is 1. The van der Waals surface area contributed by atoms with Gasteiger partial charge in [-0.05, 0) is 37.3 Å². The number of aromatic amines is 1. The number of hydrogen-bond donors (Lipinski definition) is 2. The molecule has 0 atom stereocenters. The number of piperidine rings is 1. The lowest BCUT2D eigenvalue weighted by Crippen LogP contribution is -2.37. The second-order valence-electron chi connectivity index (χ2n) is 9.03. The minimum absolute atomic E-state index is 0.0210. The van der Waals surface area contributed by atoms with Crippen molar-refractivity contribution in [2.45, 2.75) is 44.7 Å². The smallest absolute Gasteiger partial charge is 0.372 e. The van der Waals surface area contributed by atoms with E-state index in [0.29, 0.717) is 42.5 Å². The summed E-state index contributed by atoms with van der Waals surface area (Å²) in [5, 5.41) is 9.72. The van der Waals surface area contributed by atoms with Crippen molar-refractivity contribution in [1.82, 2.24) is 29.1 Å². The molecular formula is C23H25N7O3. The van der Waals surface area contributed by atoms with E-state index in [9.17, 15) is 14.7 Å². The Morgan fingerprint density at radius 2 is 1.91 bits per heavy atom. The second kappa shape index (κ2) is 7.72. The van der Waals surface area contributed by atoms with Gasteiger partial charge in [0.25, 0.3) is 0 Å². The predicted molar refractivity (Wildman–Crippen MR) is 123 cm³/mol. The van der Waals surface area contributed by atoms with Gasteiger partial charge in [-0.1, -0.05) is 25.0 Å². The summed E-state index contributed by atoms with van der Waals surface area (Å²) in [6.45, 7) is 1.99. The van der Waals surface area contributed by atoms with Crippen LogP contribution in [0.2, 0.25) is 0 Å². The van der Waals surface area contributed by atoms with Crippen LogP contribution >= 0.6 is 0 Å². The maximum atomic E-state index is 12.6. The maximum absolute atomic E-state index is 12.6. The fourth-order valence-electron chi connectivity index (χ4n) is 5.02. The molecule has 2 fully saturated rings. The molecule has 10 nitrogen and oxygen atoms in total. The van der Waals surface area contributed by atoms with Crippen molar-refractivity contribution in [3.8, 4) is 0 Å². The molecule has 1 aliphatic heterocycles. The molecule has 0 unspecified atom stereocenters. The number of nitrogens with zero attached hydrogens (tertiary/aromatic N) is 6. The van der Waals surface area contributed by atoms with E-state index in [1.165, 1.54) is 19.2 Å². The SMILES string of the molecule is O=C(O)c1nc2c(N3CCC(n4c(=O)[nH]c5ccccc54)CC3)ncnc2n1CCC1CC1. The van der Waals surface area contributed by atoms with Crippen molar-refractivity contribution in [2.24, 2.45) is 5.92 Å². The van der Waals surface area contributed by atoms with E-state index in [2.05, 4.69) is 24.8 Å². The first-order valence-electron chi connectivity index (χ1n) is 11.5. The summed E-state index contributed by atoms with van der Waals surface area (Å²) in [5.74, 6) is 0.314. The van der Waals surface area contributed by atoms with Crippen molar-refractivity contribution in [1.29, 1.82) is 0 Å². The highest BCUT2D eigenvalue weighted by Gasteiger charge is 2.29. The van der Waals surface area contributed by atoms with E-state index < -0.39 is 5.97 Å². The van der Waals surface area contributed by atoms with Crippen molar-refractivity contribution in [3.05, 3.63) is 46.9 Å². The van der Waals surface area contributed by atoms with Gasteiger partial charge in [-0.15, -0.1) is 0 Å². The first-order chi connectivity index (χ1) is 16.1. The molecule has 6 rings (SSSR count). The van der Waals surface area contributed by atoms with Crippen molar-refractivity contribution < 1.29 is 9.90 Å².